The number of rotatable bonds is 6. The second kappa shape index (κ2) is 6.71. The van der Waals surface area contributed by atoms with Gasteiger partial charge in [-0.2, -0.15) is 0 Å². The summed E-state index contributed by atoms with van der Waals surface area (Å²) in [7, 11) is -2.07. The van der Waals surface area contributed by atoms with Gasteiger partial charge in [0.2, 0.25) is 15.9 Å². The van der Waals surface area contributed by atoms with Gasteiger partial charge in [0.05, 0.1) is 12.0 Å². The Balaban J connectivity index is 2.90. The molecule has 0 unspecified atom stereocenters. The molecule has 0 aliphatic carbocycles. The predicted molar refractivity (Wildman–Crippen MR) is 76.3 cm³/mol. The van der Waals surface area contributed by atoms with E-state index in [2.05, 4.69) is 10.0 Å². The summed E-state index contributed by atoms with van der Waals surface area (Å²) in [4.78, 5) is 11.0. The molecule has 0 radical (unpaired) electrons. The minimum absolute atomic E-state index is 0.146. The Morgan fingerprint density at radius 1 is 1.20 bits per heavy atom. The summed E-state index contributed by atoms with van der Waals surface area (Å²) in [6.07, 6.45) is 0. The maximum atomic E-state index is 12.3. The Labute approximate surface area is 119 Å². The van der Waals surface area contributed by atoms with Crippen molar-refractivity contribution in [3.05, 3.63) is 23.3 Å². The van der Waals surface area contributed by atoms with E-state index in [1.54, 1.807) is 26.0 Å². The van der Waals surface area contributed by atoms with Gasteiger partial charge >= 0.3 is 0 Å². The highest BCUT2D eigenvalue weighted by molar-refractivity contribution is 7.89. The van der Waals surface area contributed by atoms with Crippen LogP contribution < -0.4 is 14.8 Å². The van der Waals surface area contributed by atoms with Gasteiger partial charge in [-0.15, -0.1) is 0 Å². The molecule has 1 aromatic rings. The van der Waals surface area contributed by atoms with Crippen LogP contribution in [0.3, 0.4) is 0 Å². The largest absolute Gasteiger partial charge is 0.497 e. The summed E-state index contributed by atoms with van der Waals surface area (Å²) in [6, 6.07) is 3.35. The summed E-state index contributed by atoms with van der Waals surface area (Å²) in [5, 5.41) is 2.53. The van der Waals surface area contributed by atoms with Gasteiger partial charge in [0, 0.05) is 20.0 Å². The number of hydrogen-bond donors (Lipinski definition) is 2. The number of ether oxygens (including phenoxy) is 1. The van der Waals surface area contributed by atoms with E-state index in [-0.39, 0.29) is 23.9 Å². The van der Waals surface area contributed by atoms with Crippen molar-refractivity contribution in [1.82, 2.24) is 10.0 Å². The quantitative estimate of drug-likeness (QED) is 0.758. The Morgan fingerprint density at radius 2 is 1.75 bits per heavy atom. The molecule has 0 saturated carbocycles. The van der Waals surface area contributed by atoms with E-state index in [4.69, 9.17) is 4.74 Å². The van der Waals surface area contributed by atoms with Crippen LogP contribution >= 0.6 is 0 Å². The van der Waals surface area contributed by atoms with Crippen molar-refractivity contribution in [2.24, 2.45) is 0 Å². The minimum Gasteiger partial charge on any atom is -0.497 e. The van der Waals surface area contributed by atoms with Gasteiger partial charge in [-0.05, 0) is 37.1 Å². The normalized spacial score (nSPS) is 11.2. The van der Waals surface area contributed by atoms with Crippen LogP contribution in [0.25, 0.3) is 0 Å². The van der Waals surface area contributed by atoms with E-state index in [9.17, 15) is 13.2 Å². The van der Waals surface area contributed by atoms with Gasteiger partial charge in [-0.3, -0.25) is 4.79 Å². The van der Waals surface area contributed by atoms with Crippen LogP contribution in [0.5, 0.6) is 5.75 Å². The van der Waals surface area contributed by atoms with Crippen LogP contribution in [-0.4, -0.2) is 34.5 Å². The molecule has 1 aromatic carbocycles. The Morgan fingerprint density at radius 3 is 2.20 bits per heavy atom. The minimum atomic E-state index is -3.60. The first-order valence-corrected chi connectivity index (χ1v) is 7.65. The number of nitrogens with one attached hydrogen (secondary N) is 2. The standard InChI is InChI=1S/C13H20N2O4S/c1-9-7-12(19-4)8-10(2)13(9)20(17,18)15-6-5-14-11(3)16/h7-8,15H,5-6H2,1-4H3,(H,14,16). The molecule has 0 aliphatic rings. The molecule has 0 saturated heterocycles. The van der Waals surface area contributed by atoms with Crippen LogP contribution in [0.4, 0.5) is 0 Å². The molecule has 0 bridgehead atoms. The highest BCUT2D eigenvalue weighted by Crippen LogP contribution is 2.25. The lowest BCUT2D eigenvalue weighted by Crippen LogP contribution is -2.34. The number of benzene rings is 1. The Hall–Kier alpha value is -1.60. The lowest BCUT2D eigenvalue weighted by atomic mass is 10.1. The third-order valence-corrected chi connectivity index (χ3v) is 4.49. The van der Waals surface area contributed by atoms with Crippen molar-refractivity contribution in [3.8, 4) is 5.75 Å². The second-order valence-corrected chi connectivity index (χ2v) is 6.17. The number of carbonyl (C=O) groups is 1. The zero-order valence-corrected chi connectivity index (χ0v) is 12.9. The monoisotopic (exact) mass is 300 g/mol. The van der Waals surface area contributed by atoms with Crippen molar-refractivity contribution in [2.45, 2.75) is 25.7 Å². The molecule has 7 heteroatoms. The molecule has 0 atom stereocenters. The number of aryl methyl sites for hydroxylation is 2. The van der Waals surface area contributed by atoms with E-state index in [0.29, 0.717) is 16.9 Å². The number of methoxy groups -OCH3 is 1. The van der Waals surface area contributed by atoms with Gasteiger partial charge < -0.3 is 10.1 Å². The Kier molecular flexibility index (Phi) is 5.52. The summed E-state index contributed by atoms with van der Waals surface area (Å²) < 4.78 is 32.1. The van der Waals surface area contributed by atoms with E-state index in [0.717, 1.165) is 0 Å². The summed E-state index contributed by atoms with van der Waals surface area (Å²) >= 11 is 0. The fraction of sp³-hybridized carbons (Fsp3) is 0.462. The van der Waals surface area contributed by atoms with E-state index >= 15 is 0 Å². The zero-order chi connectivity index (χ0) is 15.3. The van der Waals surface area contributed by atoms with Crippen LogP contribution in [0, 0.1) is 13.8 Å². The highest BCUT2D eigenvalue weighted by atomic mass is 32.2. The summed E-state index contributed by atoms with van der Waals surface area (Å²) in [5.41, 5.74) is 1.24. The second-order valence-electron chi connectivity index (χ2n) is 4.47. The van der Waals surface area contributed by atoms with Gasteiger partial charge in [0.15, 0.2) is 0 Å². The average molecular weight is 300 g/mol. The molecule has 0 aromatic heterocycles. The molecular formula is C13H20N2O4S. The lowest BCUT2D eigenvalue weighted by molar-refractivity contribution is -0.118. The number of amides is 1. The third-order valence-electron chi connectivity index (χ3n) is 2.73. The van der Waals surface area contributed by atoms with Crippen LogP contribution in [0.2, 0.25) is 0 Å². The van der Waals surface area contributed by atoms with Crippen LogP contribution in [0.15, 0.2) is 17.0 Å². The van der Waals surface area contributed by atoms with Crippen LogP contribution in [0.1, 0.15) is 18.1 Å². The molecule has 0 spiro atoms. The van der Waals surface area contributed by atoms with E-state index < -0.39 is 10.0 Å². The fourth-order valence-electron chi connectivity index (χ4n) is 1.95. The Bertz CT molecular complexity index is 573. The van der Waals surface area contributed by atoms with Crippen LogP contribution in [-0.2, 0) is 14.8 Å². The first-order valence-electron chi connectivity index (χ1n) is 6.17. The number of hydrogen-bond acceptors (Lipinski definition) is 4. The summed E-state index contributed by atoms with van der Waals surface area (Å²) in [5.74, 6) is 0.429. The van der Waals surface area contributed by atoms with Crippen molar-refractivity contribution in [1.29, 1.82) is 0 Å². The smallest absolute Gasteiger partial charge is 0.241 e. The molecular weight excluding hydrogens is 280 g/mol. The van der Waals surface area contributed by atoms with Crippen molar-refractivity contribution in [2.75, 3.05) is 20.2 Å². The molecule has 1 rings (SSSR count). The van der Waals surface area contributed by atoms with E-state index in [1.165, 1.54) is 14.0 Å². The maximum Gasteiger partial charge on any atom is 0.241 e. The molecule has 0 heterocycles. The van der Waals surface area contributed by atoms with Crippen molar-refractivity contribution >= 4 is 15.9 Å². The SMILES string of the molecule is COc1cc(C)c(S(=O)(=O)NCCNC(C)=O)c(C)c1. The molecule has 112 valence electrons. The zero-order valence-electron chi connectivity index (χ0n) is 12.1. The fourth-order valence-corrected chi connectivity index (χ4v) is 3.43. The molecule has 6 nitrogen and oxygen atoms in total. The topological polar surface area (TPSA) is 84.5 Å². The summed E-state index contributed by atoms with van der Waals surface area (Å²) in [6.45, 7) is 5.22. The number of carbonyl (C=O) groups excluding carboxylic acids is 1. The van der Waals surface area contributed by atoms with Crippen molar-refractivity contribution < 1.29 is 17.9 Å². The predicted octanol–water partition coefficient (Wildman–Crippen LogP) is 0.726. The molecule has 20 heavy (non-hydrogen) atoms. The lowest BCUT2D eigenvalue weighted by Gasteiger charge is -2.13. The highest BCUT2D eigenvalue weighted by Gasteiger charge is 2.19. The maximum absolute atomic E-state index is 12.3. The third kappa shape index (κ3) is 4.21. The van der Waals surface area contributed by atoms with Gasteiger partial charge in [-0.1, -0.05) is 0 Å². The molecule has 0 fully saturated rings. The van der Waals surface area contributed by atoms with Gasteiger partial charge in [0.1, 0.15) is 5.75 Å². The molecule has 2 N–H and O–H groups in total. The van der Waals surface area contributed by atoms with Crippen molar-refractivity contribution in [3.63, 3.8) is 0 Å². The first-order chi connectivity index (χ1) is 9.27. The van der Waals surface area contributed by atoms with E-state index in [1.807, 2.05) is 0 Å². The van der Waals surface area contributed by atoms with Gasteiger partial charge in [0.25, 0.3) is 0 Å². The first kappa shape index (κ1) is 16.5. The molecule has 1 amide bonds. The average Bonchev–Trinajstić information content (AvgIpc) is 2.33. The van der Waals surface area contributed by atoms with Gasteiger partial charge in [-0.25, -0.2) is 13.1 Å². The number of sulfonamides is 1. The molecule has 0 aliphatic heterocycles.